The maximum Gasteiger partial charge on any atom is 0.303 e. The van der Waals surface area contributed by atoms with Crippen LogP contribution in [0.2, 0.25) is 5.04 Å². The number of hydrogen-bond acceptors (Lipinski definition) is 4. The van der Waals surface area contributed by atoms with Gasteiger partial charge in [0, 0.05) is 25.2 Å². The third kappa shape index (κ3) is 6.04. The van der Waals surface area contributed by atoms with Crippen molar-refractivity contribution < 1.29 is 19.1 Å². The predicted octanol–water partition coefficient (Wildman–Crippen LogP) is 4.08. The van der Waals surface area contributed by atoms with E-state index in [4.69, 9.17) is 9.53 Å². The van der Waals surface area contributed by atoms with Crippen molar-refractivity contribution in [3.05, 3.63) is 60.7 Å². The maximum absolute atomic E-state index is 11.7. The molecular formula is C23H30O4SSi. The fourth-order valence-electron chi connectivity index (χ4n) is 3.67. The van der Waals surface area contributed by atoms with Crippen molar-refractivity contribution in [3.63, 3.8) is 0 Å². The molecule has 2 rings (SSSR count). The number of carbonyl (C=O) groups is 2. The van der Waals surface area contributed by atoms with E-state index in [2.05, 4.69) is 45.0 Å². The monoisotopic (exact) mass is 430 g/mol. The number of carbonyl (C=O) groups excluding carboxylic acids is 1. The molecule has 0 radical (unpaired) electrons. The van der Waals surface area contributed by atoms with E-state index in [9.17, 15) is 9.59 Å². The molecule has 0 bridgehead atoms. The molecule has 1 atom stereocenters. The second kappa shape index (κ2) is 10.2. The summed E-state index contributed by atoms with van der Waals surface area (Å²) in [6, 6.07) is 20.6. The summed E-state index contributed by atoms with van der Waals surface area (Å²) >= 11 is 1.18. The standard InChI is InChI=1S/C23H30O4SSi/c1-18(24)28-19(15-16-22(25)26)17-27-29(23(2,3)4,20-11-7-5-8-12-20)21-13-9-6-10-14-21/h5-14,19H,15-17H2,1-4H3,(H,25,26)/t19-/m1/s1. The van der Waals surface area contributed by atoms with E-state index in [1.165, 1.54) is 29.1 Å². The molecule has 1 N–H and O–H groups in total. The number of carboxylic acids is 1. The SMILES string of the molecule is CC(=O)S[C@H](CCC(=O)O)CO[Si](c1ccccc1)(c1ccccc1)C(C)(C)C. The first-order valence-corrected chi connectivity index (χ1v) is 12.6. The second-order valence-electron chi connectivity index (χ2n) is 8.14. The molecule has 156 valence electrons. The molecule has 0 saturated carbocycles. The van der Waals surface area contributed by atoms with Crippen LogP contribution in [-0.4, -0.2) is 36.4 Å². The zero-order valence-corrected chi connectivity index (χ0v) is 19.4. The topological polar surface area (TPSA) is 63.6 Å². The van der Waals surface area contributed by atoms with Gasteiger partial charge in [0.15, 0.2) is 5.12 Å². The summed E-state index contributed by atoms with van der Waals surface area (Å²) in [5.74, 6) is -0.857. The lowest BCUT2D eigenvalue weighted by Crippen LogP contribution is -2.67. The van der Waals surface area contributed by atoms with Gasteiger partial charge in [-0.2, -0.15) is 0 Å². The number of aliphatic carboxylic acids is 1. The number of thioether (sulfide) groups is 1. The van der Waals surface area contributed by atoms with Crippen LogP contribution in [0.4, 0.5) is 0 Å². The van der Waals surface area contributed by atoms with Crippen LogP contribution in [0.15, 0.2) is 60.7 Å². The van der Waals surface area contributed by atoms with Crippen LogP contribution in [0, 0.1) is 0 Å². The van der Waals surface area contributed by atoms with Crippen molar-refractivity contribution in [2.75, 3.05) is 6.61 Å². The minimum absolute atomic E-state index is 0.0218. The molecular weight excluding hydrogens is 400 g/mol. The molecule has 6 heteroatoms. The molecule has 4 nitrogen and oxygen atoms in total. The van der Waals surface area contributed by atoms with Crippen molar-refractivity contribution in [1.82, 2.24) is 0 Å². The summed E-state index contributed by atoms with van der Waals surface area (Å²) < 4.78 is 6.83. The van der Waals surface area contributed by atoms with E-state index in [0.717, 1.165) is 0 Å². The number of carboxylic acid groups (broad SMARTS) is 1. The molecule has 29 heavy (non-hydrogen) atoms. The lowest BCUT2D eigenvalue weighted by atomic mass is 10.2. The molecule has 0 aliphatic rings. The minimum atomic E-state index is -2.69. The Bertz CT molecular complexity index is 763. The Balaban J connectivity index is 2.46. The molecule has 0 unspecified atom stereocenters. The summed E-state index contributed by atoms with van der Waals surface area (Å²) in [7, 11) is -2.69. The highest BCUT2D eigenvalue weighted by molar-refractivity contribution is 8.14. The van der Waals surface area contributed by atoms with Gasteiger partial charge in [0.25, 0.3) is 8.32 Å². The molecule has 0 amide bonds. The molecule has 0 saturated heterocycles. The van der Waals surface area contributed by atoms with E-state index in [-0.39, 0.29) is 21.8 Å². The van der Waals surface area contributed by atoms with Crippen LogP contribution in [0.5, 0.6) is 0 Å². The van der Waals surface area contributed by atoms with Crippen LogP contribution in [-0.2, 0) is 14.0 Å². The quantitative estimate of drug-likeness (QED) is 0.608. The Labute approximate surface area is 178 Å². The molecule has 0 heterocycles. The molecule has 0 aliphatic heterocycles. The van der Waals surface area contributed by atoms with Gasteiger partial charge < -0.3 is 9.53 Å². The van der Waals surface area contributed by atoms with Gasteiger partial charge in [-0.25, -0.2) is 0 Å². The Morgan fingerprint density at radius 2 is 1.48 bits per heavy atom. The van der Waals surface area contributed by atoms with Crippen LogP contribution >= 0.6 is 11.8 Å². The molecule has 0 aliphatic carbocycles. The van der Waals surface area contributed by atoms with Gasteiger partial charge in [0.1, 0.15) is 0 Å². The second-order valence-corrected chi connectivity index (χ2v) is 13.9. The highest BCUT2D eigenvalue weighted by Gasteiger charge is 2.50. The highest BCUT2D eigenvalue weighted by atomic mass is 32.2. The van der Waals surface area contributed by atoms with Crippen molar-refractivity contribution in [1.29, 1.82) is 0 Å². The van der Waals surface area contributed by atoms with Crippen LogP contribution in [0.25, 0.3) is 0 Å². The van der Waals surface area contributed by atoms with Crippen molar-refractivity contribution in [3.8, 4) is 0 Å². The van der Waals surface area contributed by atoms with E-state index in [1.54, 1.807) is 0 Å². The van der Waals surface area contributed by atoms with Crippen molar-refractivity contribution >= 4 is 41.5 Å². The molecule has 0 aromatic heterocycles. The smallest absolute Gasteiger partial charge is 0.303 e. The zero-order valence-electron chi connectivity index (χ0n) is 17.6. The van der Waals surface area contributed by atoms with E-state index >= 15 is 0 Å². The van der Waals surface area contributed by atoms with Crippen molar-refractivity contribution in [2.24, 2.45) is 0 Å². The Morgan fingerprint density at radius 1 is 1.00 bits per heavy atom. The summed E-state index contributed by atoms with van der Waals surface area (Å²) in [5, 5.41) is 11.1. The van der Waals surface area contributed by atoms with Crippen LogP contribution < -0.4 is 10.4 Å². The summed E-state index contributed by atoms with van der Waals surface area (Å²) in [4.78, 5) is 22.8. The molecule has 0 fully saturated rings. The largest absolute Gasteiger partial charge is 0.481 e. The average molecular weight is 431 g/mol. The lowest BCUT2D eigenvalue weighted by molar-refractivity contribution is -0.137. The molecule has 2 aromatic carbocycles. The Morgan fingerprint density at radius 3 is 1.86 bits per heavy atom. The third-order valence-electron chi connectivity index (χ3n) is 4.92. The van der Waals surface area contributed by atoms with Gasteiger partial charge in [-0.3, -0.25) is 9.59 Å². The normalized spacial score (nSPS) is 13.1. The van der Waals surface area contributed by atoms with E-state index in [1.807, 2.05) is 36.4 Å². The number of hydrogen-bond donors (Lipinski definition) is 1. The van der Waals surface area contributed by atoms with Crippen LogP contribution in [0.3, 0.4) is 0 Å². The van der Waals surface area contributed by atoms with Gasteiger partial charge in [0.2, 0.25) is 0 Å². The van der Waals surface area contributed by atoms with E-state index in [0.29, 0.717) is 13.0 Å². The summed E-state index contributed by atoms with van der Waals surface area (Å²) in [5.41, 5.74) is 0. The first-order chi connectivity index (χ1) is 13.7. The summed E-state index contributed by atoms with van der Waals surface area (Å²) in [6.45, 7) is 8.45. The molecule has 2 aromatic rings. The fourth-order valence-corrected chi connectivity index (χ4v) is 9.24. The van der Waals surface area contributed by atoms with Gasteiger partial charge in [-0.15, -0.1) is 0 Å². The Hall–Kier alpha value is -1.89. The Kier molecular flexibility index (Phi) is 8.25. The van der Waals surface area contributed by atoms with Gasteiger partial charge >= 0.3 is 5.97 Å². The minimum Gasteiger partial charge on any atom is -0.481 e. The van der Waals surface area contributed by atoms with Crippen LogP contribution in [0.1, 0.15) is 40.5 Å². The lowest BCUT2D eigenvalue weighted by Gasteiger charge is -2.43. The fraction of sp³-hybridized carbons (Fsp3) is 0.391. The summed E-state index contributed by atoms with van der Waals surface area (Å²) in [6.07, 6.45) is 0.423. The maximum atomic E-state index is 11.7. The first-order valence-electron chi connectivity index (χ1n) is 9.81. The van der Waals surface area contributed by atoms with E-state index < -0.39 is 14.3 Å². The first kappa shape index (κ1) is 23.4. The van der Waals surface area contributed by atoms with Gasteiger partial charge in [0.05, 0.1) is 0 Å². The van der Waals surface area contributed by atoms with Gasteiger partial charge in [-0.05, 0) is 21.8 Å². The molecule has 0 spiro atoms. The zero-order chi connectivity index (χ0) is 21.5. The highest BCUT2D eigenvalue weighted by Crippen LogP contribution is 2.37. The average Bonchev–Trinajstić information content (AvgIpc) is 2.66. The van der Waals surface area contributed by atoms with Gasteiger partial charge in [-0.1, -0.05) is 93.2 Å². The predicted molar refractivity (Wildman–Crippen MR) is 123 cm³/mol. The van der Waals surface area contributed by atoms with Crippen molar-refractivity contribution in [2.45, 2.75) is 50.8 Å². The number of rotatable bonds is 9. The number of benzene rings is 2. The third-order valence-corrected chi connectivity index (χ3v) is 11.0.